The summed E-state index contributed by atoms with van der Waals surface area (Å²) < 4.78 is 5.03. The van der Waals surface area contributed by atoms with E-state index in [2.05, 4.69) is 228 Å². The van der Waals surface area contributed by atoms with Crippen molar-refractivity contribution in [2.24, 2.45) is 0 Å². The molecule has 0 fully saturated rings. The van der Waals surface area contributed by atoms with E-state index in [-0.39, 0.29) is 0 Å². The summed E-state index contributed by atoms with van der Waals surface area (Å²) in [4.78, 5) is 2.39. The van der Waals surface area contributed by atoms with Gasteiger partial charge in [0.25, 0.3) is 0 Å². The third-order valence-corrected chi connectivity index (χ3v) is 12.3. The summed E-state index contributed by atoms with van der Waals surface area (Å²) in [6.07, 6.45) is 0. The van der Waals surface area contributed by atoms with Crippen LogP contribution in [0.1, 0.15) is 0 Å². The van der Waals surface area contributed by atoms with Crippen molar-refractivity contribution in [2.75, 3.05) is 4.90 Å². The Kier molecular flexibility index (Phi) is 8.04. The van der Waals surface area contributed by atoms with E-state index in [4.69, 9.17) is 0 Å². The highest BCUT2D eigenvalue weighted by molar-refractivity contribution is 7.25. The van der Waals surface area contributed by atoms with Crippen molar-refractivity contribution in [2.45, 2.75) is 0 Å². The normalized spacial score (nSPS) is 11.5. The van der Waals surface area contributed by atoms with Crippen LogP contribution in [0.5, 0.6) is 0 Å². The third kappa shape index (κ3) is 5.80. The molecular weight excluding hydrogens is 709 g/mol. The quantitative estimate of drug-likeness (QED) is 0.158. The van der Waals surface area contributed by atoms with Crippen molar-refractivity contribution in [1.29, 1.82) is 0 Å². The van der Waals surface area contributed by atoms with Crippen LogP contribution in [0.3, 0.4) is 0 Å². The topological polar surface area (TPSA) is 8.17 Å². The van der Waals surface area contributed by atoms with E-state index in [1.165, 1.54) is 75.4 Å². The van der Waals surface area contributed by atoms with Crippen molar-refractivity contribution in [1.82, 2.24) is 4.57 Å². The fraction of sp³-hybridized carbons (Fsp3) is 0. The molecule has 0 saturated carbocycles. The monoisotopic (exact) mass is 744 g/mol. The molecule has 0 atom stereocenters. The Hall–Kier alpha value is -7.20. The zero-order chi connectivity index (χ0) is 37.7. The Balaban J connectivity index is 1.00. The number of benzene rings is 9. The predicted molar refractivity (Wildman–Crippen MR) is 245 cm³/mol. The van der Waals surface area contributed by atoms with Crippen LogP contribution in [-0.2, 0) is 0 Å². The fourth-order valence-corrected chi connectivity index (χ4v) is 9.62. The number of thiophene rings is 1. The summed E-state index contributed by atoms with van der Waals surface area (Å²) in [5.41, 5.74) is 14.1. The van der Waals surface area contributed by atoms with E-state index in [0.717, 1.165) is 22.7 Å². The van der Waals surface area contributed by atoms with Gasteiger partial charge in [0.2, 0.25) is 0 Å². The van der Waals surface area contributed by atoms with Crippen LogP contribution in [0.2, 0.25) is 0 Å². The summed E-state index contributed by atoms with van der Waals surface area (Å²) in [7, 11) is 0. The predicted octanol–water partition coefficient (Wildman–Crippen LogP) is 15.6. The summed E-state index contributed by atoms with van der Waals surface area (Å²) in [5.74, 6) is 0. The molecule has 0 N–H and O–H groups in total. The van der Waals surface area contributed by atoms with E-state index in [1.807, 2.05) is 11.3 Å². The van der Waals surface area contributed by atoms with Gasteiger partial charge < -0.3 is 9.47 Å². The summed E-state index contributed by atoms with van der Waals surface area (Å²) >= 11 is 1.86. The first-order valence-electron chi connectivity index (χ1n) is 19.4. The standard InChI is InChI=1S/C54H36N2S/c1-3-13-39(14-4-1)45-17-7-10-20-50(45)55(44-31-25-38(26-32-44)41-28-34-49-48-19-9-12-22-53(48)57-54(49)36-41)43-29-23-37(24-30-43)40-27-33-47-46-18-8-11-21-51(46)56(52(47)35-40)42-15-5-2-6-16-42/h1-36H. The molecule has 9 aromatic carbocycles. The third-order valence-electron chi connectivity index (χ3n) is 11.2. The average molecular weight is 745 g/mol. The molecule has 2 heterocycles. The van der Waals surface area contributed by atoms with E-state index >= 15 is 0 Å². The minimum atomic E-state index is 1.10. The summed E-state index contributed by atoms with van der Waals surface area (Å²) in [5, 5.41) is 5.17. The molecule has 0 amide bonds. The smallest absolute Gasteiger partial charge is 0.0547 e. The van der Waals surface area contributed by atoms with Crippen LogP contribution in [0, 0.1) is 0 Å². The first kappa shape index (κ1) is 33.2. The lowest BCUT2D eigenvalue weighted by Crippen LogP contribution is -2.11. The molecule has 0 aliphatic heterocycles. The van der Waals surface area contributed by atoms with E-state index in [9.17, 15) is 0 Å². The lowest BCUT2D eigenvalue weighted by Gasteiger charge is -2.28. The maximum atomic E-state index is 2.39. The molecule has 3 heteroatoms. The first-order valence-corrected chi connectivity index (χ1v) is 20.2. The van der Waals surface area contributed by atoms with Crippen molar-refractivity contribution >= 4 is 70.4 Å². The molecule has 0 spiro atoms. The molecule has 0 bridgehead atoms. The average Bonchev–Trinajstić information content (AvgIpc) is 3.83. The Morgan fingerprint density at radius 3 is 1.60 bits per heavy atom. The largest absolute Gasteiger partial charge is 0.310 e. The van der Waals surface area contributed by atoms with Gasteiger partial charge in [0.1, 0.15) is 0 Å². The van der Waals surface area contributed by atoms with Gasteiger partial charge in [0, 0.05) is 53.6 Å². The molecular formula is C54H36N2S. The Bertz CT molecular complexity index is 3210. The molecule has 11 aromatic rings. The lowest BCUT2D eigenvalue weighted by molar-refractivity contribution is 1.18. The van der Waals surface area contributed by atoms with Crippen LogP contribution in [0.25, 0.3) is 81.0 Å². The van der Waals surface area contributed by atoms with E-state index < -0.39 is 0 Å². The number of hydrogen-bond donors (Lipinski definition) is 0. The number of nitrogens with zero attached hydrogens (tertiary/aromatic N) is 2. The number of rotatable bonds is 7. The van der Waals surface area contributed by atoms with Gasteiger partial charge in [-0.15, -0.1) is 11.3 Å². The van der Waals surface area contributed by atoms with Crippen LogP contribution in [0.15, 0.2) is 218 Å². The fourth-order valence-electron chi connectivity index (χ4n) is 8.47. The molecule has 0 aliphatic carbocycles. The minimum Gasteiger partial charge on any atom is -0.310 e. The van der Waals surface area contributed by atoms with Crippen LogP contribution in [0.4, 0.5) is 17.1 Å². The van der Waals surface area contributed by atoms with Gasteiger partial charge in [-0.05, 0) is 94.5 Å². The number of para-hydroxylation sites is 3. The zero-order valence-corrected chi connectivity index (χ0v) is 31.9. The van der Waals surface area contributed by atoms with Crippen LogP contribution >= 0.6 is 11.3 Å². The number of hydrogen-bond acceptors (Lipinski definition) is 2. The van der Waals surface area contributed by atoms with Gasteiger partial charge in [-0.25, -0.2) is 0 Å². The molecule has 11 rings (SSSR count). The highest BCUT2D eigenvalue weighted by Gasteiger charge is 2.18. The zero-order valence-electron chi connectivity index (χ0n) is 31.1. The minimum absolute atomic E-state index is 1.10. The number of fused-ring (bicyclic) bond motifs is 6. The second-order valence-electron chi connectivity index (χ2n) is 14.5. The molecule has 0 saturated heterocycles. The van der Waals surface area contributed by atoms with Crippen LogP contribution in [-0.4, -0.2) is 4.57 Å². The number of aromatic nitrogens is 1. The molecule has 0 unspecified atom stereocenters. The second kappa shape index (κ2) is 13.8. The Morgan fingerprint density at radius 2 is 0.860 bits per heavy atom. The second-order valence-corrected chi connectivity index (χ2v) is 15.6. The van der Waals surface area contributed by atoms with E-state index in [1.54, 1.807) is 0 Å². The molecule has 268 valence electrons. The van der Waals surface area contributed by atoms with Crippen molar-refractivity contribution in [3.8, 4) is 39.1 Å². The van der Waals surface area contributed by atoms with E-state index in [0.29, 0.717) is 0 Å². The highest BCUT2D eigenvalue weighted by atomic mass is 32.1. The molecule has 0 aliphatic rings. The summed E-state index contributed by atoms with van der Waals surface area (Å²) in [6, 6.07) is 79.3. The SMILES string of the molecule is c1ccc(-c2ccccc2N(c2ccc(-c3ccc4c(c3)sc3ccccc34)cc2)c2ccc(-c3ccc4c5ccccc5n(-c5ccccc5)c4c3)cc2)cc1. The lowest BCUT2D eigenvalue weighted by atomic mass is 10.00. The molecule has 0 radical (unpaired) electrons. The van der Waals surface area contributed by atoms with Gasteiger partial charge in [0.05, 0.1) is 16.7 Å². The van der Waals surface area contributed by atoms with Gasteiger partial charge in [-0.1, -0.05) is 152 Å². The highest BCUT2D eigenvalue weighted by Crippen LogP contribution is 2.43. The van der Waals surface area contributed by atoms with Crippen molar-refractivity contribution < 1.29 is 0 Å². The first-order chi connectivity index (χ1) is 28.3. The van der Waals surface area contributed by atoms with Crippen LogP contribution < -0.4 is 4.90 Å². The molecule has 57 heavy (non-hydrogen) atoms. The van der Waals surface area contributed by atoms with Gasteiger partial charge in [-0.2, -0.15) is 0 Å². The van der Waals surface area contributed by atoms with Crippen molar-refractivity contribution in [3.05, 3.63) is 218 Å². The molecule has 2 nitrogen and oxygen atoms in total. The van der Waals surface area contributed by atoms with Gasteiger partial charge >= 0.3 is 0 Å². The van der Waals surface area contributed by atoms with Gasteiger partial charge in [-0.3, -0.25) is 0 Å². The van der Waals surface area contributed by atoms with Crippen molar-refractivity contribution in [3.63, 3.8) is 0 Å². The molecule has 2 aromatic heterocycles. The maximum Gasteiger partial charge on any atom is 0.0547 e. The maximum absolute atomic E-state index is 2.39. The summed E-state index contributed by atoms with van der Waals surface area (Å²) in [6.45, 7) is 0. The van der Waals surface area contributed by atoms with Gasteiger partial charge in [0.15, 0.2) is 0 Å². The Morgan fingerprint density at radius 1 is 0.333 bits per heavy atom. The number of anilines is 3. The Labute approximate surface area is 335 Å².